The normalized spacial score (nSPS) is 17.8. The van der Waals surface area contributed by atoms with Gasteiger partial charge in [0.05, 0.1) is 6.54 Å². The molecule has 1 fully saturated rings. The first-order valence-corrected chi connectivity index (χ1v) is 9.22. The first-order valence-electron chi connectivity index (χ1n) is 9.22. The Morgan fingerprint density at radius 2 is 2.15 bits per heavy atom. The Kier molecular flexibility index (Phi) is 6.22. The second kappa shape index (κ2) is 8.80. The summed E-state index contributed by atoms with van der Waals surface area (Å²) in [4.78, 5) is 16.3. The van der Waals surface area contributed by atoms with Crippen molar-refractivity contribution in [3.05, 3.63) is 48.0 Å². The number of aryl methyl sites for hydroxylation is 1. The summed E-state index contributed by atoms with van der Waals surface area (Å²) in [7, 11) is 3.65. The van der Waals surface area contributed by atoms with Crippen molar-refractivity contribution in [2.24, 2.45) is 7.05 Å². The number of aromatic nitrogens is 3. The Hall–Kier alpha value is -2.41. The third kappa shape index (κ3) is 4.82. The SMILES string of the molecule is CN(Cc1nncn1C)C(=O)NCCN1CCC[C@@H](c2ccccc2)C1. The van der Waals surface area contributed by atoms with Crippen LogP contribution in [0.3, 0.4) is 0 Å². The minimum absolute atomic E-state index is 0.0791. The van der Waals surface area contributed by atoms with Gasteiger partial charge in [0.1, 0.15) is 6.33 Å². The van der Waals surface area contributed by atoms with Crippen molar-refractivity contribution >= 4 is 6.03 Å². The van der Waals surface area contributed by atoms with Crippen LogP contribution in [0.25, 0.3) is 0 Å². The Labute approximate surface area is 155 Å². The van der Waals surface area contributed by atoms with Gasteiger partial charge in [-0.1, -0.05) is 30.3 Å². The number of benzene rings is 1. The van der Waals surface area contributed by atoms with Crippen LogP contribution < -0.4 is 5.32 Å². The largest absolute Gasteiger partial charge is 0.337 e. The monoisotopic (exact) mass is 356 g/mol. The maximum Gasteiger partial charge on any atom is 0.317 e. The topological polar surface area (TPSA) is 66.3 Å². The summed E-state index contributed by atoms with van der Waals surface area (Å²) in [6.45, 7) is 4.15. The highest BCUT2D eigenvalue weighted by Crippen LogP contribution is 2.26. The zero-order valence-electron chi connectivity index (χ0n) is 15.6. The molecule has 1 aromatic carbocycles. The van der Waals surface area contributed by atoms with E-state index < -0.39 is 0 Å². The summed E-state index contributed by atoms with van der Waals surface area (Å²) in [5.74, 6) is 1.36. The molecule has 0 radical (unpaired) electrons. The average molecular weight is 356 g/mol. The molecule has 0 bridgehead atoms. The van der Waals surface area contributed by atoms with Crippen molar-refractivity contribution in [2.75, 3.05) is 33.2 Å². The molecule has 1 saturated heterocycles. The number of hydrogen-bond acceptors (Lipinski definition) is 4. The minimum atomic E-state index is -0.0791. The van der Waals surface area contributed by atoms with E-state index in [1.807, 2.05) is 11.6 Å². The number of nitrogens with one attached hydrogen (secondary N) is 1. The van der Waals surface area contributed by atoms with Crippen molar-refractivity contribution in [3.63, 3.8) is 0 Å². The third-order valence-electron chi connectivity index (χ3n) is 5.01. The molecule has 1 aliphatic heterocycles. The van der Waals surface area contributed by atoms with Crippen LogP contribution in [0.4, 0.5) is 4.79 Å². The van der Waals surface area contributed by atoms with Crippen molar-refractivity contribution in [1.82, 2.24) is 29.9 Å². The molecule has 7 heteroatoms. The molecule has 1 aliphatic rings. The predicted molar refractivity (Wildman–Crippen MR) is 101 cm³/mol. The van der Waals surface area contributed by atoms with Gasteiger partial charge < -0.3 is 19.7 Å². The van der Waals surface area contributed by atoms with E-state index in [-0.39, 0.29) is 6.03 Å². The van der Waals surface area contributed by atoms with Crippen LogP contribution in [0.5, 0.6) is 0 Å². The molecule has 1 atom stereocenters. The van der Waals surface area contributed by atoms with Gasteiger partial charge >= 0.3 is 6.03 Å². The molecule has 2 aromatic rings. The quantitative estimate of drug-likeness (QED) is 0.858. The minimum Gasteiger partial charge on any atom is -0.337 e. The second-order valence-electron chi connectivity index (χ2n) is 7.00. The Morgan fingerprint density at radius 1 is 1.35 bits per heavy atom. The van der Waals surface area contributed by atoms with Crippen molar-refractivity contribution in [3.8, 4) is 0 Å². The number of amides is 2. The zero-order valence-corrected chi connectivity index (χ0v) is 15.6. The molecular weight excluding hydrogens is 328 g/mol. The van der Waals surface area contributed by atoms with Crippen LogP contribution in [0.2, 0.25) is 0 Å². The van der Waals surface area contributed by atoms with Crippen LogP contribution in [-0.4, -0.2) is 63.8 Å². The van der Waals surface area contributed by atoms with E-state index in [1.165, 1.54) is 18.4 Å². The van der Waals surface area contributed by atoms with E-state index in [0.29, 0.717) is 19.0 Å². The number of carbonyl (C=O) groups excluding carboxylic acids is 1. The van der Waals surface area contributed by atoms with E-state index >= 15 is 0 Å². The van der Waals surface area contributed by atoms with E-state index in [4.69, 9.17) is 0 Å². The smallest absolute Gasteiger partial charge is 0.317 e. The average Bonchev–Trinajstić information content (AvgIpc) is 3.07. The van der Waals surface area contributed by atoms with Gasteiger partial charge in [0, 0.05) is 33.7 Å². The molecule has 0 unspecified atom stereocenters. The fourth-order valence-electron chi connectivity index (χ4n) is 3.45. The van der Waals surface area contributed by atoms with Gasteiger partial charge in [-0.15, -0.1) is 10.2 Å². The molecule has 1 N–H and O–H groups in total. The Balaban J connectivity index is 1.41. The van der Waals surface area contributed by atoms with E-state index in [2.05, 4.69) is 50.7 Å². The van der Waals surface area contributed by atoms with Crippen molar-refractivity contribution < 1.29 is 4.79 Å². The lowest BCUT2D eigenvalue weighted by Gasteiger charge is -2.33. The van der Waals surface area contributed by atoms with Crippen LogP contribution in [-0.2, 0) is 13.6 Å². The van der Waals surface area contributed by atoms with Gasteiger partial charge in [-0.3, -0.25) is 0 Å². The third-order valence-corrected chi connectivity index (χ3v) is 5.01. The number of carbonyl (C=O) groups is 1. The van der Waals surface area contributed by atoms with Crippen molar-refractivity contribution in [1.29, 1.82) is 0 Å². The van der Waals surface area contributed by atoms with Gasteiger partial charge in [0.25, 0.3) is 0 Å². The number of rotatable bonds is 6. The molecule has 0 saturated carbocycles. The summed E-state index contributed by atoms with van der Waals surface area (Å²) < 4.78 is 1.82. The number of nitrogens with zero attached hydrogens (tertiary/aromatic N) is 5. The van der Waals surface area contributed by atoms with Gasteiger partial charge in [0.15, 0.2) is 5.82 Å². The standard InChI is InChI=1S/C19H28N6O/c1-23(14-18-22-21-15-24(18)2)19(26)20-10-12-25-11-6-9-17(13-25)16-7-4-3-5-8-16/h3-5,7-8,15,17H,6,9-14H2,1-2H3,(H,20,26)/t17-/m1/s1. The second-order valence-corrected chi connectivity index (χ2v) is 7.00. The maximum atomic E-state index is 12.2. The highest BCUT2D eigenvalue weighted by Gasteiger charge is 2.21. The molecule has 1 aromatic heterocycles. The van der Waals surface area contributed by atoms with Gasteiger partial charge in [-0.05, 0) is 30.9 Å². The maximum absolute atomic E-state index is 12.2. The molecule has 7 nitrogen and oxygen atoms in total. The van der Waals surface area contributed by atoms with Gasteiger partial charge in [0.2, 0.25) is 0 Å². The summed E-state index contributed by atoms with van der Waals surface area (Å²) in [6, 6.07) is 10.7. The molecule has 2 heterocycles. The highest BCUT2D eigenvalue weighted by molar-refractivity contribution is 5.73. The molecule has 0 spiro atoms. The fraction of sp³-hybridized carbons (Fsp3) is 0.526. The van der Waals surface area contributed by atoms with Crippen LogP contribution >= 0.6 is 0 Å². The molecule has 140 valence electrons. The summed E-state index contributed by atoms with van der Waals surface area (Å²) >= 11 is 0. The van der Waals surface area contributed by atoms with Crippen molar-refractivity contribution in [2.45, 2.75) is 25.3 Å². The van der Waals surface area contributed by atoms with E-state index in [0.717, 1.165) is 25.5 Å². The molecular formula is C19H28N6O. The molecule has 2 amide bonds. The summed E-state index contributed by atoms with van der Waals surface area (Å²) in [5.41, 5.74) is 1.42. The fourth-order valence-corrected chi connectivity index (χ4v) is 3.45. The first-order chi connectivity index (χ1) is 12.6. The zero-order chi connectivity index (χ0) is 18.4. The number of likely N-dealkylation sites (tertiary alicyclic amines) is 1. The highest BCUT2D eigenvalue weighted by atomic mass is 16.2. The van der Waals surface area contributed by atoms with E-state index in [1.54, 1.807) is 18.3 Å². The van der Waals surface area contributed by atoms with E-state index in [9.17, 15) is 4.79 Å². The molecule has 26 heavy (non-hydrogen) atoms. The predicted octanol–water partition coefficient (Wildman–Crippen LogP) is 1.84. The Morgan fingerprint density at radius 3 is 2.88 bits per heavy atom. The van der Waals surface area contributed by atoms with Gasteiger partial charge in [-0.2, -0.15) is 0 Å². The van der Waals surface area contributed by atoms with Crippen LogP contribution in [0, 0.1) is 0 Å². The lowest BCUT2D eigenvalue weighted by Crippen LogP contribution is -2.43. The molecule has 0 aliphatic carbocycles. The lowest BCUT2D eigenvalue weighted by molar-refractivity contribution is 0.192. The Bertz CT molecular complexity index is 701. The lowest BCUT2D eigenvalue weighted by atomic mass is 9.91. The van der Waals surface area contributed by atoms with Crippen LogP contribution in [0.15, 0.2) is 36.7 Å². The number of urea groups is 1. The summed E-state index contributed by atoms with van der Waals surface area (Å²) in [6.07, 6.45) is 4.09. The van der Waals surface area contributed by atoms with Crippen LogP contribution in [0.1, 0.15) is 30.1 Å². The number of hydrogen-bond donors (Lipinski definition) is 1. The first kappa shape index (κ1) is 18.4. The molecule has 3 rings (SSSR count). The number of piperidine rings is 1. The van der Waals surface area contributed by atoms with Gasteiger partial charge in [-0.25, -0.2) is 4.79 Å². The summed E-state index contributed by atoms with van der Waals surface area (Å²) in [5, 5.41) is 10.9.